The van der Waals surface area contributed by atoms with Crippen molar-refractivity contribution in [2.75, 3.05) is 13.2 Å². The molecule has 2 N–H and O–H groups in total. The fourth-order valence-electron chi connectivity index (χ4n) is 3.57. The molecule has 0 aromatic carbocycles. The van der Waals surface area contributed by atoms with E-state index >= 15 is 0 Å². The maximum absolute atomic E-state index is 13.1. The normalized spacial score (nSPS) is 25.0. The first-order valence-electron chi connectivity index (χ1n) is 9.28. The third-order valence-electron chi connectivity index (χ3n) is 5.41. The molecule has 1 aromatic rings. The van der Waals surface area contributed by atoms with E-state index in [4.69, 9.17) is 14.6 Å². The van der Waals surface area contributed by atoms with Gasteiger partial charge in [-0.25, -0.2) is 0 Å². The molecule has 156 valence electrons. The van der Waals surface area contributed by atoms with Gasteiger partial charge < -0.3 is 19.9 Å². The quantitative estimate of drug-likeness (QED) is 0.475. The number of carboxylic acid groups (broad SMARTS) is 1. The van der Waals surface area contributed by atoms with Crippen molar-refractivity contribution in [2.45, 2.75) is 45.0 Å². The van der Waals surface area contributed by atoms with Crippen molar-refractivity contribution in [2.24, 2.45) is 5.92 Å². The molecule has 2 atom stereocenters. The average molecular weight is 405 g/mol. The van der Waals surface area contributed by atoms with Crippen LogP contribution in [0.2, 0.25) is 0 Å². The summed E-state index contributed by atoms with van der Waals surface area (Å²) < 4.78 is 10.9. The molecule has 0 bridgehead atoms. The molecule has 0 saturated carbocycles. The van der Waals surface area contributed by atoms with Crippen LogP contribution < -0.4 is 5.32 Å². The Hall–Kier alpha value is -3.01. The number of carboxylic acids is 1. The lowest BCUT2D eigenvalue weighted by Gasteiger charge is -2.39. The number of carbonyl (C=O) groups excluding carboxylic acids is 3. The van der Waals surface area contributed by atoms with Gasteiger partial charge in [-0.1, -0.05) is 13.8 Å². The number of rotatable bonds is 8. The van der Waals surface area contributed by atoms with E-state index in [-0.39, 0.29) is 49.5 Å². The molecule has 1 fully saturated rings. The molecule has 0 radical (unpaired) electrons. The number of carbonyl (C=O) groups is 4. The number of amides is 2. The van der Waals surface area contributed by atoms with Gasteiger partial charge in [0.15, 0.2) is 0 Å². The highest BCUT2D eigenvalue weighted by molar-refractivity contribution is 6.06. The van der Waals surface area contributed by atoms with Gasteiger partial charge in [0.05, 0.1) is 25.0 Å². The number of fused-ring (bicyclic) bond motifs is 3. The summed E-state index contributed by atoms with van der Waals surface area (Å²) in [4.78, 5) is 53.7. The number of esters is 1. The van der Waals surface area contributed by atoms with E-state index in [9.17, 15) is 19.2 Å². The highest BCUT2D eigenvalue weighted by atomic mass is 16.6. The third-order valence-corrected chi connectivity index (χ3v) is 5.41. The fraction of sp³-hybridized carbons (Fsp3) is 0.526. The minimum absolute atomic E-state index is 0.132. The molecule has 1 saturated heterocycles. The molecule has 0 aliphatic carbocycles. The molecule has 2 amide bonds. The van der Waals surface area contributed by atoms with Gasteiger partial charge in [0.25, 0.3) is 11.8 Å². The molecule has 3 rings (SSSR count). The number of aliphatic carboxylic acids is 1. The number of pyridine rings is 1. The molecule has 3 heterocycles. The van der Waals surface area contributed by atoms with Gasteiger partial charge >= 0.3 is 11.9 Å². The first-order valence-corrected chi connectivity index (χ1v) is 9.28. The van der Waals surface area contributed by atoms with Crippen LogP contribution in [-0.4, -0.2) is 57.5 Å². The number of aromatic nitrogens is 1. The van der Waals surface area contributed by atoms with E-state index in [2.05, 4.69) is 10.3 Å². The Balaban J connectivity index is 1.81. The minimum Gasteiger partial charge on any atom is -0.481 e. The lowest BCUT2D eigenvalue weighted by molar-refractivity contribution is -0.172. The van der Waals surface area contributed by atoms with Crippen molar-refractivity contribution < 1.29 is 33.8 Å². The van der Waals surface area contributed by atoms with Crippen LogP contribution in [0, 0.1) is 5.92 Å². The van der Waals surface area contributed by atoms with Crippen LogP contribution in [0.15, 0.2) is 18.3 Å². The van der Waals surface area contributed by atoms with Crippen molar-refractivity contribution in [1.29, 1.82) is 0 Å². The maximum atomic E-state index is 13.1. The van der Waals surface area contributed by atoms with Gasteiger partial charge in [-0.05, 0) is 25.0 Å². The van der Waals surface area contributed by atoms with Crippen LogP contribution >= 0.6 is 0 Å². The predicted molar refractivity (Wildman–Crippen MR) is 97.3 cm³/mol. The van der Waals surface area contributed by atoms with Crippen LogP contribution in [-0.2, 0) is 29.7 Å². The molecule has 10 heteroatoms. The molecule has 0 spiro atoms. The van der Waals surface area contributed by atoms with E-state index in [1.165, 1.54) is 11.1 Å². The van der Waals surface area contributed by atoms with E-state index in [1.807, 2.05) is 13.8 Å². The standard InChI is InChI=1S/C19H23N3O7/c1-11(2)18(3)17(27)21-19(29-10-9-28-14(25)7-6-13(23)24)15-12(5-4-8-20-15)16(26)22(18)19/h4-5,8,11H,6-7,9-10H2,1-3H3,(H,21,27)(H,23,24). The van der Waals surface area contributed by atoms with Crippen molar-refractivity contribution >= 4 is 23.8 Å². The van der Waals surface area contributed by atoms with Gasteiger partial charge in [-0.3, -0.25) is 29.1 Å². The smallest absolute Gasteiger partial charge is 0.306 e. The SMILES string of the molecule is CC(C)C1(C)C(=O)NC2(OCCOC(=O)CCC(=O)O)c3ncccc3C(=O)N21. The molecule has 10 nitrogen and oxygen atoms in total. The van der Waals surface area contributed by atoms with Gasteiger partial charge in [0.1, 0.15) is 17.8 Å². The highest BCUT2D eigenvalue weighted by Crippen LogP contribution is 2.48. The Kier molecular flexibility index (Phi) is 5.31. The van der Waals surface area contributed by atoms with E-state index in [0.717, 1.165) is 0 Å². The Morgan fingerprint density at radius 1 is 1.28 bits per heavy atom. The summed E-state index contributed by atoms with van der Waals surface area (Å²) in [6, 6.07) is 3.25. The Morgan fingerprint density at radius 2 is 2.00 bits per heavy atom. The number of nitrogens with zero attached hydrogens (tertiary/aromatic N) is 2. The maximum Gasteiger partial charge on any atom is 0.306 e. The van der Waals surface area contributed by atoms with Gasteiger partial charge in [0.2, 0.25) is 5.91 Å². The second-order valence-corrected chi connectivity index (χ2v) is 7.40. The molecule has 2 aliphatic heterocycles. The van der Waals surface area contributed by atoms with Crippen LogP contribution in [0.5, 0.6) is 0 Å². The molecular formula is C19H23N3O7. The molecule has 2 aliphatic rings. The van der Waals surface area contributed by atoms with Gasteiger partial charge in [-0.15, -0.1) is 0 Å². The van der Waals surface area contributed by atoms with Crippen LogP contribution in [0.1, 0.15) is 49.7 Å². The lowest BCUT2D eigenvalue weighted by Crippen LogP contribution is -2.56. The summed E-state index contributed by atoms with van der Waals surface area (Å²) in [6.07, 6.45) is 0.924. The Bertz CT molecular complexity index is 871. The molecule has 29 heavy (non-hydrogen) atoms. The number of hydrogen-bond donors (Lipinski definition) is 2. The summed E-state index contributed by atoms with van der Waals surface area (Å²) in [5.74, 6) is -4.30. The van der Waals surface area contributed by atoms with Crippen molar-refractivity contribution in [3.8, 4) is 0 Å². The van der Waals surface area contributed by atoms with E-state index in [1.54, 1.807) is 19.1 Å². The second-order valence-electron chi connectivity index (χ2n) is 7.40. The first-order chi connectivity index (χ1) is 13.6. The minimum atomic E-state index is -1.59. The van der Waals surface area contributed by atoms with Gasteiger partial charge in [-0.2, -0.15) is 0 Å². The zero-order valence-corrected chi connectivity index (χ0v) is 16.4. The summed E-state index contributed by atoms with van der Waals surface area (Å²) in [5.41, 5.74) is -0.548. The second kappa shape index (κ2) is 7.43. The average Bonchev–Trinajstić information content (AvgIpc) is 3.06. The monoisotopic (exact) mass is 405 g/mol. The third kappa shape index (κ3) is 3.23. The van der Waals surface area contributed by atoms with Crippen molar-refractivity contribution in [3.05, 3.63) is 29.6 Å². The summed E-state index contributed by atoms with van der Waals surface area (Å²) in [5, 5.41) is 11.4. The molecule has 2 unspecified atom stereocenters. The van der Waals surface area contributed by atoms with E-state index in [0.29, 0.717) is 5.56 Å². The van der Waals surface area contributed by atoms with Crippen molar-refractivity contribution in [3.63, 3.8) is 0 Å². The number of hydrogen-bond acceptors (Lipinski definition) is 7. The molecular weight excluding hydrogens is 382 g/mol. The predicted octanol–water partition coefficient (Wildman–Crippen LogP) is 0.617. The highest BCUT2D eigenvalue weighted by Gasteiger charge is 2.68. The van der Waals surface area contributed by atoms with Crippen LogP contribution in [0.3, 0.4) is 0 Å². The molecule has 1 aromatic heterocycles. The summed E-state index contributed by atoms with van der Waals surface area (Å²) in [7, 11) is 0. The summed E-state index contributed by atoms with van der Waals surface area (Å²) in [6.45, 7) is 5.05. The zero-order valence-electron chi connectivity index (χ0n) is 16.4. The Labute approximate surface area is 167 Å². The lowest BCUT2D eigenvalue weighted by atomic mass is 9.87. The number of ether oxygens (including phenoxy) is 2. The zero-order chi connectivity index (χ0) is 21.4. The van der Waals surface area contributed by atoms with Crippen LogP contribution in [0.4, 0.5) is 0 Å². The Morgan fingerprint density at radius 3 is 2.66 bits per heavy atom. The number of nitrogens with one attached hydrogen (secondary N) is 1. The largest absolute Gasteiger partial charge is 0.481 e. The first kappa shape index (κ1) is 20.7. The fourth-order valence-corrected chi connectivity index (χ4v) is 3.57. The van der Waals surface area contributed by atoms with Crippen molar-refractivity contribution in [1.82, 2.24) is 15.2 Å². The van der Waals surface area contributed by atoms with Gasteiger partial charge in [0, 0.05) is 6.20 Å². The summed E-state index contributed by atoms with van der Waals surface area (Å²) >= 11 is 0. The topological polar surface area (TPSA) is 135 Å². The van der Waals surface area contributed by atoms with E-state index < -0.39 is 23.3 Å². The van der Waals surface area contributed by atoms with Crippen LogP contribution in [0.25, 0.3) is 0 Å².